The molecule has 2 unspecified atom stereocenters. The van der Waals surface area contributed by atoms with Gasteiger partial charge in [-0.2, -0.15) is 0 Å². The zero-order chi connectivity index (χ0) is 16.6. The van der Waals surface area contributed by atoms with Gasteiger partial charge in [-0.05, 0) is 35.2 Å². The average Bonchev–Trinajstić information content (AvgIpc) is 2.52. The third kappa shape index (κ3) is 3.11. The maximum atomic E-state index is 12.9. The fraction of sp³-hybridized carbons (Fsp3) is 0.333. The number of piperidine rings is 1. The molecule has 1 saturated heterocycles. The Morgan fingerprint density at radius 3 is 2.70 bits per heavy atom. The highest BCUT2D eigenvalue weighted by atomic mass is 79.9. The summed E-state index contributed by atoms with van der Waals surface area (Å²) in [6.45, 7) is 2.87. The zero-order valence-electron chi connectivity index (χ0n) is 12.8. The van der Waals surface area contributed by atoms with Gasteiger partial charge < -0.3 is 10.0 Å². The molecule has 4 nitrogen and oxygen atoms in total. The van der Waals surface area contributed by atoms with Crippen LogP contribution in [-0.4, -0.2) is 35.0 Å². The number of hydrogen-bond acceptors (Lipinski definition) is 2. The lowest BCUT2D eigenvalue weighted by molar-refractivity contribution is -0.145. The summed E-state index contributed by atoms with van der Waals surface area (Å²) in [5.74, 6) is -1.20. The van der Waals surface area contributed by atoms with E-state index >= 15 is 0 Å². The number of benzene rings is 2. The topological polar surface area (TPSA) is 57.6 Å². The van der Waals surface area contributed by atoms with E-state index in [0.717, 1.165) is 15.2 Å². The smallest absolute Gasteiger partial charge is 0.306 e. The molecule has 120 valence electrons. The van der Waals surface area contributed by atoms with Gasteiger partial charge in [0.05, 0.1) is 5.92 Å². The summed E-state index contributed by atoms with van der Waals surface area (Å²) in [5, 5.41) is 11.2. The second kappa shape index (κ2) is 6.32. The van der Waals surface area contributed by atoms with E-state index in [1.807, 2.05) is 43.3 Å². The number of carbonyl (C=O) groups is 2. The van der Waals surface area contributed by atoms with Crippen molar-refractivity contribution in [1.82, 2.24) is 4.90 Å². The lowest BCUT2D eigenvalue weighted by atomic mass is 9.86. The molecule has 2 aromatic carbocycles. The van der Waals surface area contributed by atoms with Crippen LogP contribution in [0.2, 0.25) is 0 Å². The van der Waals surface area contributed by atoms with Gasteiger partial charge in [0.15, 0.2) is 0 Å². The maximum absolute atomic E-state index is 12.9. The molecule has 0 radical (unpaired) electrons. The third-order valence-electron chi connectivity index (χ3n) is 4.57. The van der Waals surface area contributed by atoms with Gasteiger partial charge in [0.2, 0.25) is 0 Å². The molecule has 1 aliphatic heterocycles. The van der Waals surface area contributed by atoms with E-state index in [9.17, 15) is 14.7 Å². The molecule has 0 aliphatic carbocycles. The summed E-state index contributed by atoms with van der Waals surface area (Å²) in [7, 11) is 0. The molecular weight excluding hydrogens is 358 g/mol. The summed E-state index contributed by atoms with van der Waals surface area (Å²) in [5.41, 5.74) is 0.663. The number of amides is 1. The molecule has 0 bridgehead atoms. The summed E-state index contributed by atoms with van der Waals surface area (Å²) in [6, 6.07) is 11.6. The number of carboxylic acid groups (broad SMARTS) is 1. The molecule has 1 heterocycles. The van der Waals surface area contributed by atoms with Crippen LogP contribution in [0.1, 0.15) is 23.7 Å². The number of carbonyl (C=O) groups excluding carboxylic acids is 1. The quantitative estimate of drug-likeness (QED) is 0.868. The van der Waals surface area contributed by atoms with Crippen molar-refractivity contribution in [2.75, 3.05) is 13.1 Å². The monoisotopic (exact) mass is 375 g/mol. The first-order valence-electron chi connectivity index (χ1n) is 7.67. The molecule has 2 aromatic rings. The molecule has 0 aromatic heterocycles. The first-order chi connectivity index (χ1) is 11.0. The molecule has 3 rings (SSSR count). The van der Waals surface area contributed by atoms with Crippen LogP contribution in [0.25, 0.3) is 10.8 Å². The average molecular weight is 376 g/mol. The highest BCUT2D eigenvalue weighted by Crippen LogP contribution is 2.29. The van der Waals surface area contributed by atoms with E-state index in [0.29, 0.717) is 25.1 Å². The van der Waals surface area contributed by atoms with E-state index in [2.05, 4.69) is 15.9 Å². The van der Waals surface area contributed by atoms with Crippen LogP contribution < -0.4 is 0 Å². The van der Waals surface area contributed by atoms with Gasteiger partial charge in [-0.15, -0.1) is 0 Å². The zero-order valence-corrected chi connectivity index (χ0v) is 14.4. The number of fused-ring (bicyclic) bond motifs is 1. The van der Waals surface area contributed by atoms with Crippen LogP contribution in [0.15, 0.2) is 40.9 Å². The third-order valence-corrected chi connectivity index (χ3v) is 5.02. The van der Waals surface area contributed by atoms with Crippen molar-refractivity contribution in [1.29, 1.82) is 0 Å². The number of rotatable bonds is 2. The van der Waals surface area contributed by atoms with Gasteiger partial charge in [0.1, 0.15) is 0 Å². The van der Waals surface area contributed by atoms with E-state index in [1.54, 1.807) is 4.90 Å². The van der Waals surface area contributed by atoms with Gasteiger partial charge >= 0.3 is 5.97 Å². The molecule has 0 saturated carbocycles. The molecular formula is C18H18BrNO3. The largest absolute Gasteiger partial charge is 0.481 e. The molecule has 1 amide bonds. The number of hydrogen-bond donors (Lipinski definition) is 1. The van der Waals surface area contributed by atoms with Gasteiger partial charge in [-0.3, -0.25) is 9.59 Å². The maximum Gasteiger partial charge on any atom is 0.306 e. The van der Waals surface area contributed by atoms with E-state index in [4.69, 9.17) is 0 Å². The lowest BCUT2D eigenvalue weighted by Crippen LogP contribution is -2.45. The van der Waals surface area contributed by atoms with Crippen LogP contribution in [0.5, 0.6) is 0 Å². The number of carboxylic acids is 1. The van der Waals surface area contributed by atoms with Gasteiger partial charge in [0, 0.05) is 23.1 Å². The SMILES string of the molecule is CC1CN(C(=O)c2cc(Br)cc3ccccc23)CCC1C(=O)O. The second-order valence-corrected chi connectivity index (χ2v) is 7.05. The highest BCUT2D eigenvalue weighted by Gasteiger charge is 2.33. The number of halogens is 1. The van der Waals surface area contributed by atoms with Crippen molar-refractivity contribution in [2.45, 2.75) is 13.3 Å². The Kier molecular flexibility index (Phi) is 4.39. The predicted octanol–water partition coefficient (Wildman–Crippen LogP) is 3.79. The summed E-state index contributed by atoms with van der Waals surface area (Å²) in [6.07, 6.45) is 0.508. The lowest BCUT2D eigenvalue weighted by Gasteiger charge is -2.35. The van der Waals surface area contributed by atoms with Gasteiger partial charge in [-0.1, -0.05) is 47.1 Å². The van der Waals surface area contributed by atoms with Crippen LogP contribution >= 0.6 is 15.9 Å². The van der Waals surface area contributed by atoms with Crippen molar-refractivity contribution in [3.63, 3.8) is 0 Å². The molecule has 2 atom stereocenters. The fourth-order valence-corrected chi connectivity index (χ4v) is 3.79. The molecule has 1 N–H and O–H groups in total. The first kappa shape index (κ1) is 16.0. The molecule has 1 fully saturated rings. The number of likely N-dealkylation sites (tertiary alicyclic amines) is 1. The summed E-state index contributed by atoms with van der Waals surface area (Å²) >= 11 is 3.47. The van der Waals surface area contributed by atoms with E-state index < -0.39 is 5.97 Å². The van der Waals surface area contributed by atoms with Crippen molar-refractivity contribution >= 4 is 38.6 Å². The van der Waals surface area contributed by atoms with Gasteiger partial charge in [-0.25, -0.2) is 0 Å². The summed E-state index contributed by atoms with van der Waals surface area (Å²) < 4.78 is 0.869. The minimum absolute atomic E-state index is 0.0295. The Hall–Kier alpha value is -1.88. The van der Waals surface area contributed by atoms with Crippen LogP contribution in [0.3, 0.4) is 0 Å². The molecule has 1 aliphatic rings. The second-order valence-electron chi connectivity index (χ2n) is 6.14. The van der Waals surface area contributed by atoms with Crippen molar-refractivity contribution in [2.24, 2.45) is 11.8 Å². The van der Waals surface area contributed by atoms with Crippen molar-refractivity contribution < 1.29 is 14.7 Å². The fourth-order valence-electron chi connectivity index (χ4n) is 3.32. The van der Waals surface area contributed by atoms with Crippen LogP contribution in [-0.2, 0) is 4.79 Å². The first-order valence-corrected chi connectivity index (χ1v) is 8.47. The van der Waals surface area contributed by atoms with E-state index in [1.165, 1.54) is 0 Å². The molecule has 5 heteroatoms. The normalized spacial score (nSPS) is 21.4. The molecule has 0 spiro atoms. The van der Waals surface area contributed by atoms with Gasteiger partial charge in [0.25, 0.3) is 5.91 Å². The summed E-state index contributed by atoms with van der Waals surface area (Å²) in [4.78, 5) is 25.9. The van der Waals surface area contributed by atoms with Crippen LogP contribution in [0.4, 0.5) is 0 Å². The van der Waals surface area contributed by atoms with E-state index in [-0.39, 0.29) is 17.7 Å². The standard InChI is InChI=1S/C18H18BrNO3/c1-11-10-20(7-6-14(11)18(22)23)17(21)16-9-13(19)8-12-4-2-3-5-15(12)16/h2-5,8-9,11,14H,6-7,10H2,1H3,(H,22,23). The molecule has 23 heavy (non-hydrogen) atoms. The number of aliphatic carboxylic acids is 1. The Balaban J connectivity index is 1.91. The van der Waals surface area contributed by atoms with Crippen molar-refractivity contribution in [3.05, 3.63) is 46.4 Å². The number of nitrogens with zero attached hydrogens (tertiary/aromatic N) is 1. The van der Waals surface area contributed by atoms with Crippen molar-refractivity contribution in [3.8, 4) is 0 Å². The highest BCUT2D eigenvalue weighted by molar-refractivity contribution is 9.10. The minimum atomic E-state index is -0.766. The Morgan fingerprint density at radius 2 is 2.00 bits per heavy atom. The minimum Gasteiger partial charge on any atom is -0.481 e. The Morgan fingerprint density at radius 1 is 1.26 bits per heavy atom. The van der Waals surface area contributed by atoms with Crippen LogP contribution in [0, 0.1) is 11.8 Å². The Bertz CT molecular complexity index is 774. The predicted molar refractivity (Wildman–Crippen MR) is 92.5 cm³/mol. The Labute approximate surface area is 143 Å².